The van der Waals surface area contributed by atoms with Crippen LogP contribution < -0.4 is 10.2 Å². The minimum Gasteiger partial charge on any atom is -0.357 e. The maximum Gasteiger partial charge on any atom is 0.434 e. The van der Waals surface area contributed by atoms with Gasteiger partial charge in [-0.2, -0.15) is 18.3 Å². The molecule has 166 valence electrons. The predicted octanol–water partition coefficient (Wildman–Crippen LogP) is 2.37. The van der Waals surface area contributed by atoms with Crippen LogP contribution in [0.1, 0.15) is 17.6 Å². The molecule has 0 aliphatic carbocycles. The second-order valence-electron chi connectivity index (χ2n) is 6.45. The molecule has 13 heteroatoms. The Morgan fingerprint density at radius 3 is 2.70 bits per heavy atom. The fourth-order valence-corrected chi connectivity index (χ4v) is 3.71. The van der Waals surface area contributed by atoms with E-state index in [-0.39, 0.29) is 43.0 Å². The molecule has 30 heavy (non-hydrogen) atoms. The van der Waals surface area contributed by atoms with Crippen molar-refractivity contribution in [2.45, 2.75) is 19.5 Å². The van der Waals surface area contributed by atoms with Crippen LogP contribution in [-0.2, 0) is 24.4 Å². The summed E-state index contributed by atoms with van der Waals surface area (Å²) in [6, 6.07) is 0. The van der Waals surface area contributed by atoms with E-state index < -0.39 is 11.9 Å². The maximum atomic E-state index is 12.6. The number of aryl methyl sites for hydroxylation is 1. The first kappa shape index (κ1) is 24.4. The van der Waals surface area contributed by atoms with E-state index in [4.69, 9.17) is 0 Å². The van der Waals surface area contributed by atoms with Crippen LogP contribution in [0.4, 0.5) is 18.9 Å². The molecule has 1 aliphatic heterocycles. The van der Waals surface area contributed by atoms with Crippen molar-refractivity contribution in [2.24, 2.45) is 12.0 Å². The first-order valence-corrected chi connectivity index (χ1v) is 9.99. The summed E-state index contributed by atoms with van der Waals surface area (Å²) >= 11 is 0.974. The van der Waals surface area contributed by atoms with Crippen molar-refractivity contribution in [3.63, 3.8) is 0 Å². The highest BCUT2D eigenvalue weighted by Crippen LogP contribution is 2.30. The monoisotopic (exact) mass is 557 g/mol. The van der Waals surface area contributed by atoms with Crippen molar-refractivity contribution in [1.29, 1.82) is 0 Å². The van der Waals surface area contributed by atoms with Gasteiger partial charge in [0, 0.05) is 51.2 Å². The number of nitrogens with zero attached hydrogens (tertiary/aromatic N) is 6. The molecule has 0 saturated carbocycles. The summed E-state index contributed by atoms with van der Waals surface area (Å²) in [7, 11) is 1.79. The lowest BCUT2D eigenvalue weighted by Gasteiger charge is -2.35. The average Bonchev–Trinajstić information content (AvgIpc) is 3.30. The highest BCUT2D eigenvalue weighted by molar-refractivity contribution is 14.0. The standard InChI is InChI=1S/C17H22F3N7OS.HI/c1-3-21-16(22-5-4-14-24-13(11-29-14)17(18,19)20)26-6-7-27(15(28)10-26)12-8-23-25(2)9-12;/h8-9,11H,3-7,10H2,1-2H3,(H,21,22);1H. The lowest BCUT2D eigenvalue weighted by Crippen LogP contribution is -2.55. The van der Waals surface area contributed by atoms with Gasteiger partial charge in [0.2, 0.25) is 5.91 Å². The molecule has 0 unspecified atom stereocenters. The number of hydrogen-bond acceptors (Lipinski definition) is 5. The molecule has 2 aromatic heterocycles. The molecule has 1 amide bonds. The van der Waals surface area contributed by atoms with Gasteiger partial charge in [0.05, 0.1) is 16.9 Å². The smallest absolute Gasteiger partial charge is 0.357 e. The molecule has 0 aromatic carbocycles. The minimum absolute atomic E-state index is 0. The summed E-state index contributed by atoms with van der Waals surface area (Å²) in [5.41, 5.74) is -0.117. The molecule has 0 bridgehead atoms. The molecular formula is C17H23F3IN7OS. The van der Waals surface area contributed by atoms with Crippen LogP contribution in [0.2, 0.25) is 0 Å². The van der Waals surface area contributed by atoms with Crippen molar-refractivity contribution >= 4 is 52.9 Å². The number of carbonyl (C=O) groups is 1. The van der Waals surface area contributed by atoms with E-state index in [1.165, 1.54) is 0 Å². The molecule has 3 heterocycles. The molecule has 2 aromatic rings. The lowest BCUT2D eigenvalue weighted by molar-refractivity contribution is -0.140. The summed E-state index contributed by atoms with van der Waals surface area (Å²) in [5.74, 6) is 0.504. The van der Waals surface area contributed by atoms with Crippen LogP contribution in [0.15, 0.2) is 22.8 Å². The Hall–Kier alpha value is -1.90. The molecule has 1 N–H and O–H groups in total. The lowest BCUT2D eigenvalue weighted by atomic mass is 10.3. The number of aromatic nitrogens is 3. The zero-order valence-electron chi connectivity index (χ0n) is 16.5. The summed E-state index contributed by atoms with van der Waals surface area (Å²) < 4.78 is 39.6. The van der Waals surface area contributed by atoms with Crippen LogP contribution >= 0.6 is 35.3 Å². The number of aliphatic imine (C=N–C) groups is 1. The van der Waals surface area contributed by atoms with Gasteiger partial charge in [-0.15, -0.1) is 35.3 Å². The Kier molecular flexibility index (Phi) is 8.46. The summed E-state index contributed by atoms with van der Waals surface area (Å²) in [5, 5.41) is 8.63. The molecule has 3 rings (SSSR count). The summed E-state index contributed by atoms with van der Waals surface area (Å²) in [6.07, 6.45) is -0.688. The third-order valence-electron chi connectivity index (χ3n) is 4.29. The fraction of sp³-hybridized carbons (Fsp3) is 0.529. The topological polar surface area (TPSA) is 78.7 Å². The van der Waals surface area contributed by atoms with Crippen LogP contribution in [0.3, 0.4) is 0 Å². The van der Waals surface area contributed by atoms with Crippen LogP contribution in [0.5, 0.6) is 0 Å². The first-order valence-electron chi connectivity index (χ1n) is 9.11. The van der Waals surface area contributed by atoms with Crippen LogP contribution in [0.25, 0.3) is 0 Å². The van der Waals surface area contributed by atoms with Gasteiger partial charge < -0.3 is 15.1 Å². The third kappa shape index (κ3) is 6.06. The van der Waals surface area contributed by atoms with Gasteiger partial charge in [-0.1, -0.05) is 0 Å². The first-order chi connectivity index (χ1) is 13.8. The molecule has 0 spiro atoms. The van der Waals surface area contributed by atoms with Gasteiger partial charge in [0.25, 0.3) is 0 Å². The Morgan fingerprint density at radius 2 is 2.13 bits per heavy atom. The Balaban J connectivity index is 0.00000320. The highest BCUT2D eigenvalue weighted by atomic mass is 127. The van der Waals surface area contributed by atoms with Gasteiger partial charge in [-0.05, 0) is 6.92 Å². The van der Waals surface area contributed by atoms with Gasteiger partial charge in [-0.25, -0.2) is 4.98 Å². The molecule has 0 radical (unpaired) electrons. The highest BCUT2D eigenvalue weighted by Gasteiger charge is 2.33. The predicted molar refractivity (Wildman–Crippen MR) is 119 cm³/mol. The van der Waals surface area contributed by atoms with Crippen molar-refractivity contribution in [1.82, 2.24) is 25.0 Å². The normalized spacial score (nSPS) is 15.4. The quantitative estimate of drug-likeness (QED) is 0.347. The van der Waals surface area contributed by atoms with E-state index in [9.17, 15) is 18.0 Å². The molecule has 1 saturated heterocycles. The summed E-state index contributed by atoms with van der Waals surface area (Å²) in [6.45, 7) is 4.06. The molecular weight excluding hydrogens is 534 g/mol. The average molecular weight is 557 g/mol. The van der Waals surface area contributed by atoms with Gasteiger partial charge in [-0.3, -0.25) is 14.5 Å². The number of amides is 1. The number of nitrogens with one attached hydrogen (secondary N) is 1. The van der Waals surface area contributed by atoms with E-state index in [1.807, 2.05) is 11.8 Å². The van der Waals surface area contributed by atoms with E-state index in [0.717, 1.165) is 22.4 Å². The number of anilines is 1. The van der Waals surface area contributed by atoms with Crippen LogP contribution in [-0.4, -0.2) is 64.3 Å². The van der Waals surface area contributed by atoms with Crippen molar-refractivity contribution in [3.8, 4) is 0 Å². The van der Waals surface area contributed by atoms with Crippen LogP contribution in [0, 0.1) is 0 Å². The number of hydrogen-bond donors (Lipinski definition) is 1. The van der Waals surface area contributed by atoms with Crippen molar-refractivity contribution < 1.29 is 18.0 Å². The van der Waals surface area contributed by atoms with E-state index in [1.54, 1.807) is 29.0 Å². The van der Waals surface area contributed by atoms with Crippen molar-refractivity contribution in [3.05, 3.63) is 28.5 Å². The number of rotatable bonds is 5. The van der Waals surface area contributed by atoms with E-state index in [2.05, 4.69) is 20.4 Å². The largest absolute Gasteiger partial charge is 0.434 e. The molecule has 1 fully saturated rings. The van der Waals surface area contributed by atoms with Gasteiger partial charge >= 0.3 is 6.18 Å². The minimum atomic E-state index is -4.43. The molecule has 8 nitrogen and oxygen atoms in total. The zero-order chi connectivity index (χ0) is 21.0. The third-order valence-corrected chi connectivity index (χ3v) is 5.20. The Morgan fingerprint density at radius 1 is 1.37 bits per heavy atom. The zero-order valence-corrected chi connectivity index (χ0v) is 19.7. The Labute approximate surface area is 193 Å². The van der Waals surface area contributed by atoms with Crippen molar-refractivity contribution in [2.75, 3.05) is 37.6 Å². The van der Waals surface area contributed by atoms with Gasteiger partial charge in [0.15, 0.2) is 11.7 Å². The maximum absolute atomic E-state index is 12.6. The second-order valence-corrected chi connectivity index (χ2v) is 7.39. The number of alkyl halides is 3. The van der Waals surface area contributed by atoms with E-state index >= 15 is 0 Å². The number of thiazole rings is 1. The number of piperazine rings is 1. The van der Waals surface area contributed by atoms with E-state index in [0.29, 0.717) is 37.0 Å². The number of halogens is 4. The summed E-state index contributed by atoms with van der Waals surface area (Å²) in [4.78, 5) is 24.2. The molecule has 0 atom stereocenters. The Bertz CT molecular complexity index is 883. The second kappa shape index (κ2) is 10.4. The number of guanidine groups is 1. The number of carbonyl (C=O) groups excluding carboxylic acids is 1. The molecule has 1 aliphatic rings. The fourth-order valence-electron chi connectivity index (χ4n) is 2.91. The SMILES string of the molecule is CCNC(=NCCc1nc(C(F)(F)F)cs1)N1CCN(c2cnn(C)c2)C(=O)C1.I. The van der Waals surface area contributed by atoms with Gasteiger partial charge in [0.1, 0.15) is 6.54 Å².